The van der Waals surface area contributed by atoms with Crippen LogP contribution in [-0.4, -0.2) is 38.1 Å². The molecule has 0 bridgehead atoms. The quantitative estimate of drug-likeness (QED) is 0.787. The van der Waals surface area contributed by atoms with Crippen LogP contribution in [-0.2, 0) is 9.59 Å². The molecule has 116 valence electrons. The van der Waals surface area contributed by atoms with Gasteiger partial charge in [0.1, 0.15) is 0 Å². The molecule has 0 aliphatic rings. The van der Waals surface area contributed by atoms with Gasteiger partial charge in [-0.25, -0.2) is 0 Å². The lowest BCUT2D eigenvalue weighted by Crippen LogP contribution is -2.41. The first kappa shape index (κ1) is 16.8. The van der Waals surface area contributed by atoms with Gasteiger partial charge in [-0.05, 0) is 38.5 Å². The van der Waals surface area contributed by atoms with Crippen LogP contribution in [0.1, 0.15) is 19.4 Å². The molecule has 0 heterocycles. The van der Waals surface area contributed by atoms with Crippen LogP contribution in [0.5, 0.6) is 11.5 Å². The predicted octanol–water partition coefficient (Wildman–Crippen LogP) is 1.02. The van der Waals surface area contributed by atoms with Gasteiger partial charge in [0, 0.05) is 6.04 Å². The van der Waals surface area contributed by atoms with E-state index in [9.17, 15) is 9.59 Å². The number of hydrogen-bond donors (Lipinski definition) is 2. The third-order valence-electron chi connectivity index (χ3n) is 2.57. The molecule has 2 N–H and O–H groups in total. The number of benzene rings is 1. The summed E-state index contributed by atoms with van der Waals surface area (Å²) in [5.74, 6) is 0.466. The van der Waals surface area contributed by atoms with Crippen molar-refractivity contribution in [3.63, 3.8) is 0 Å². The Kier molecular flexibility index (Phi) is 6.52. The molecule has 0 unspecified atom stereocenters. The van der Waals surface area contributed by atoms with E-state index in [2.05, 4.69) is 10.6 Å². The molecule has 0 aromatic heterocycles. The molecular weight excluding hydrogens is 272 g/mol. The van der Waals surface area contributed by atoms with E-state index in [1.54, 1.807) is 6.07 Å². The largest absolute Gasteiger partial charge is 0.493 e. The molecule has 0 atom stereocenters. The number of methoxy groups -OCH3 is 1. The van der Waals surface area contributed by atoms with Gasteiger partial charge >= 0.3 is 0 Å². The first-order chi connectivity index (χ1) is 9.92. The zero-order chi connectivity index (χ0) is 15.8. The lowest BCUT2D eigenvalue weighted by molar-refractivity contribution is -0.127. The van der Waals surface area contributed by atoms with E-state index in [0.29, 0.717) is 11.5 Å². The fourth-order valence-electron chi connectivity index (χ4n) is 1.64. The van der Waals surface area contributed by atoms with Crippen LogP contribution >= 0.6 is 0 Å². The number of carbonyl (C=O) groups excluding carboxylic acids is 2. The van der Waals surface area contributed by atoms with Crippen molar-refractivity contribution in [2.45, 2.75) is 26.8 Å². The zero-order valence-corrected chi connectivity index (χ0v) is 12.9. The summed E-state index contributed by atoms with van der Waals surface area (Å²) in [6, 6.07) is 5.48. The molecule has 21 heavy (non-hydrogen) atoms. The lowest BCUT2D eigenvalue weighted by Gasteiger charge is -2.12. The average molecular weight is 294 g/mol. The topological polar surface area (TPSA) is 76.7 Å². The highest BCUT2D eigenvalue weighted by Crippen LogP contribution is 2.27. The monoisotopic (exact) mass is 294 g/mol. The van der Waals surface area contributed by atoms with E-state index in [0.717, 1.165) is 5.56 Å². The van der Waals surface area contributed by atoms with Crippen LogP contribution in [0.4, 0.5) is 0 Å². The second kappa shape index (κ2) is 8.14. The molecule has 0 fully saturated rings. The Morgan fingerprint density at radius 1 is 1.19 bits per heavy atom. The smallest absolute Gasteiger partial charge is 0.258 e. The van der Waals surface area contributed by atoms with Crippen LogP contribution < -0.4 is 20.1 Å². The van der Waals surface area contributed by atoms with Crippen LogP contribution in [0.25, 0.3) is 0 Å². The first-order valence-corrected chi connectivity index (χ1v) is 6.76. The number of aryl methyl sites for hydroxylation is 1. The number of carbonyl (C=O) groups is 2. The molecule has 0 saturated carbocycles. The maximum Gasteiger partial charge on any atom is 0.258 e. The van der Waals surface area contributed by atoms with Gasteiger partial charge in [-0.2, -0.15) is 0 Å². The lowest BCUT2D eigenvalue weighted by atomic mass is 10.2. The van der Waals surface area contributed by atoms with Gasteiger partial charge in [0.25, 0.3) is 5.91 Å². The van der Waals surface area contributed by atoms with E-state index in [-0.39, 0.29) is 31.0 Å². The maximum absolute atomic E-state index is 11.6. The molecule has 1 rings (SSSR count). The normalized spacial score (nSPS) is 10.1. The van der Waals surface area contributed by atoms with Gasteiger partial charge in [-0.15, -0.1) is 0 Å². The minimum Gasteiger partial charge on any atom is -0.493 e. The van der Waals surface area contributed by atoms with E-state index >= 15 is 0 Å². The van der Waals surface area contributed by atoms with Gasteiger partial charge < -0.3 is 20.1 Å². The summed E-state index contributed by atoms with van der Waals surface area (Å²) in [5.41, 5.74) is 1.04. The van der Waals surface area contributed by atoms with E-state index in [1.165, 1.54) is 7.11 Å². The van der Waals surface area contributed by atoms with Crippen LogP contribution in [0.3, 0.4) is 0 Å². The van der Waals surface area contributed by atoms with Crippen molar-refractivity contribution in [2.75, 3.05) is 20.3 Å². The molecule has 2 amide bonds. The number of ether oxygens (including phenoxy) is 2. The second-order valence-electron chi connectivity index (χ2n) is 4.94. The summed E-state index contributed by atoms with van der Waals surface area (Å²) < 4.78 is 10.6. The minimum atomic E-state index is -0.364. The summed E-state index contributed by atoms with van der Waals surface area (Å²) in [7, 11) is 1.54. The second-order valence-corrected chi connectivity index (χ2v) is 4.94. The Balaban J connectivity index is 2.41. The van der Waals surface area contributed by atoms with Crippen molar-refractivity contribution in [1.29, 1.82) is 0 Å². The molecule has 0 spiro atoms. The average Bonchev–Trinajstić information content (AvgIpc) is 2.42. The predicted molar refractivity (Wildman–Crippen MR) is 79.5 cm³/mol. The Bertz CT molecular complexity index is 500. The minimum absolute atomic E-state index is 0.0440. The first-order valence-electron chi connectivity index (χ1n) is 6.76. The Morgan fingerprint density at radius 3 is 2.52 bits per heavy atom. The van der Waals surface area contributed by atoms with Gasteiger partial charge in [-0.1, -0.05) is 6.07 Å². The fourth-order valence-corrected chi connectivity index (χ4v) is 1.64. The molecule has 1 aromatic rings. The SMILES string of the molecule is COc1cc(C)ccc1OCC(=O)NCC(=O)NC(C)C. The number of hydrogen-bond acceptors (Lipinski definition) is 4. The van der Waals surface area contributed by atoms with Crippen molar-refractivity contribution < 1.29 is 19.1 Å². The third-order valence-corrected chi connectivity index (χ3v) is 2.57. The highest BCUT2D eigenvalue weighted by Gasteiger charge is 2.09. The zero-order valence-electron chi connectivity index (χ0n) is 12.9. The highest BCUT2D eigenvalue weighted by atomic mass is 16.5. The summed E-state index contributed by atoms with van der Waals surface area (Å²) in [6.45, 7) is 5.41. The van der Waals surface area contributed by atoms with Crippen molar-refractivity contribution in [1.82, 2.24) is 10.6 Å². The number of nitrogens with one attached hydrogen (secondary N) is 2. The highest BCUT2D eigenvalue weighted by molar-refractivity contribution is 5.85. The van der Waals surface area contributed by atoms with Crippen LogP contribution in [0, 0.1) is 6.92 Å². The van der Waals surface area contributed by atoms with Gasteiger partial charge in [0.05, 0.1) is 13.7 Å². The molecule has 0 aliphatic carbocycles. The van der Waals surface area contributed by atoms with Crippen molar-refractivity contribution in [3.8, 4) is 11.5 Å². The van der Waals surface area contributed by atoms with Gasteiger partial charge in [0.2, 0.25) is 5.91 Å². The van der Waals surface area contributed by atoms with Gasteiger partial charge in [0.15, 0.2) is 18.1 Å². The Morgan fingerprint density at radius 2 is 1.90 bits per heavy atom. The van der Waals surface area contributed by atoms with E-state index in [1.807, 2.05) is 32.9 Å². The molecule has 1 aromatic carbocycles. The molecule has 0 aliphatic heterocycles. The van der Waals surface area contributed by atoms with Gasteiger partial charge in [-0.3, -0.25) is 9.59 Å². The Hall–Kier alpha value is -2.24. The summed E-state index contributed by atoms with van der Waals surface area (Å²) in [4.78, 5) is 23.0. The van der Waals surface area contributed by atoms with Crippen LogP contribution in [0.15, 0.2) is 18.2 Å². The molecule has 6 heteroatoms. The van der Waals surface area contributed by atoms with E-state index in [4.69, 9.17) is 9.47 Å². The molecular formula is C15H22N2O4. The van der Waals surface area contributed by atoms with Crippen molar-refractivity contribution in [3.05, 3.63) is 23.8 Å². The maximum atomic E-state index is 11.6. The summed E-state index contributed by atoms with van der Waals surface area (Å²) >= 11 is 0. The molecule has 6 nitrogen and oxygen atoms in total. The van der Waals surface area contributed by atoms with Crippen molar-refractivity contribution in [2.24, 2.45) is 0 Å². The van der Waals surface area contributed by atoms with E-state index < -0.39 is 0 Å². The molecule has 0 radical (unpaired) electrons. The number of amides is 2. The summed E-state index contributed by atoms with van der Waals surface area (Å²) in [5, 5.41) is 5.17. The number of rotatable bonds is 7. The van der Waals surface area contributed by atoms with Crippen LogP contribution in [0.2, 0.25) is 0 Å². The summed E-state index contributed by atoms with van der Waals surface area (Å²) in [6.07, 6.45) is 0. The third kappa shape index (κ3) is 6.16. The fraction of sp³-hybridized carbons (Fsp3) is 0.467. The standard InChI is InChI=1S/C15H22N2O4/c1-10(2)17-14(18)8-16-15(19)9-21-12-6-5-11(3)7-13(12)20-4/h5-7,10H,8-9H2,1-4H3,(H,16,19)(H,17,18). The van der Waals surface area contributed by atoms with Crippen molar-refractivity contribution >= 4 is 11.8 Å². The molecule has 0 saturated heterocycles. The Labute approximate surface area is 124 Å².